The molecule has 4 nitrogen and oxygen atoms in total. The number of carbonyl (C=O) groups excluding carboxylic acids is 1. The van der Waals surface area contributed by atoms with Gasteiger partial charge in [0.05, 0.1) is 17.2 Å². The van der Waals surface area contributed by atoms with Crippen molar-refractivity contribution in [3.8, 4) is 11.5 Å². The molecule has 1 unspecified atom stereocenters. The van der Waals surface area contributed by atoms with Crippen molar-refractivity contribution in [2.45, 2.75) is 39.5 Å². The summed E-state index contributed by atoms with van der Waals surface area (Å²) in [4.78, 5) is 15.1. The van der Waals surface area contributed by atoms with Gasteiger partial charge in [0.1, 0.15) is 6.61 Å². The second-order valence-corrected chi connectivity index (χ2v) is 8.39. The molecule has 0 heterocycles. The van der Waals surface area contributed by atoms with Gasteiger partial charge in [0.2, 0.25) is 0 Å². The zero-order valence-electron chi connectivity index (χ0n) is 18.5. The lowest BCUT2D eigenvalue weighted by molar-refractivity contribution is 0.0671. The summed E-state index contributed by atoms with van der Waals surface area (Å²) in [6, 6.07) is 20.7. The highest BCUT2D eigenvalue weighted by Gasteiger charge is 2.22. The van der Waals surface area contributed by atoms with Gasteiger partial charge in [-0.25, -0.2) is 0 Å². The first-order valence-electron chi connectivity index (χ1n) is 10.5. The normalized spacial score (nSPS) is 11.7. The highest BCUT2D eigenvalue weighted by Crippen LogP contribution is 2.30. The number of hydrogen-bond donors (Lipinski definition) is 0. The van der Waals surface area contributed by atoms with Crippen LogP contribution in [0.25, 0.3) is 0 Å². The summed E-state index contributed by atoms with van der Waals surface area (Å²) in [6.45, 7) is 4.97. The Morgan fingerprint density at radius 2 is 1.69 bits per heavy atom. The third kappa shape index (κ3) is 5.96. The minimum Gasteiger partial charge on any atom is -0.493 e. The molecule has 0 saturated carbocycles. The van der Waals surface area contributed by atoms with Gasteiger partial charge in [-0.15, -0.1) is 0 Å². The lowest BCUT2D eigenvalue weighted by Gasteiger charge is -2.29. The van der Waals surface area contributed by atoms with E-state index >= 15 is 0 Å². The summed E-state index contributed by atoms with van der Waals surface area (Å²) in [5.41, 5.74) is 2.53. The van der Waals surface area contributed by atoms with Crippen molar-refractivity contribution in [3.05, 3.63) is 93.5 Å². The van der Waals surface area contributed by atoms with Gasteiger partial charge < -0.3 is 14.4 Å². The molecule has 32 heavy (non-hydrogen) atoms. The number of hydrogen-bond acceptors (Lipinski definition) is 3. The fourth-order valence-corrected chi connectivity index (χ4v) is 3.60. The van der Waals surface area contributed by atoms with Crippen LogP contribution in [0.15, 0.2) is 66.7 Å². The number of rotatable bonds is 9. The van der Waals surface area contributed by atoms with E-state index in [2.05, 4.69) is 6.92 Å². The van der Waals surface area contributed by atoms with E-state index in [9.17, 15) is 4.79 Å². The van der Waals surface area contributed by atoms with Crippen molar-refractivity contribution in [1.29, 1.82) is 0 Å². The summed E-state index contributed by atoms with van der Waals surface area (Å²) in [5, 5.41) is 0.789. The number of ether oxygens (including phenoxy) is 2. The standard InChI is InChI=1S/C26H27Cl2NO3/c1-4-18(2)29(26(30)21-11-12-22(27)23(28)15-21)16-20-10-13-24(25(14-20)31-3)32-17-19-8-6-5-7-9-19/h5-15,18H,4,16-17H2,1-3H3. The average molecular weight is 472 g/mol. The van der Waals surface area contributed by atoms with Gasteiger partial charge in [-0.05, 0) is 54.8 Å². The van der Waals surface area contributed by atoms with E-state index in [1.165, 1.54) is 0 Å². The third-order valence-corrected chi connectivity index (χ3v) is 6.11. The molecule has 6 heteroatoms. The molecule has 168 valence electrons. The van der Waals surface area contributed by atoms with Crippen molar-refractivity contribution in [2.24, 2.45) is 0 Å². The van der Waals surface area contributed by atoms with Gasteiger partial charge in [0, 0.05) is 18.2 Å². The lowest BCUT2D eigenvalue weighted by Crippen LogP contribution is -2.37. The van der Waals surface area contributed by atoms with Gasteiger partial charge in [0.25, 0.3) is 5.91 Å². The predicted octanol–water partition coefficient (Wildman–Crippen LogP) is 7.02. The zero-order chi connectivity index (χ0) is 23.1. The number of methoxy groups -OCH3 is 1. The molecule has 1 atom stereocenters. The van der Waals surface area contributed by atoms with Crippen LogP contribution in [0, 0.1) is 0 Å². The third-order valence-electron chi connectivity index (χ3n) is 5.37. The predicted molar refractivity (Wildman–Crippen MR) is 130 cm³/mol. The first-order chi connectivity index (χ1) is 15.4. The summed E-state index contributed by atoms with van der Waals surface area (Å²) >= 11 is 12.1. The smallest absolute Gasteiger partial charge is 0.254 e. The van der Waals surface area contributed by atoms with Crippen LogP contribution in [0.2, 0.25) is 10.0 Å². The molecule has 0 bridgehead atoms. The van der Waals surface area contributed by atoms with Crippen LogP contribution in [0.1, 0.15) is 41.8 Å². The first-order valence-corrected chi connectivity index (χ1v) is 11.3. The van der Waals surface area contributed by atoms with Gasteiger partial charge in [-0.2, -0.15) is 0 Å². The molecule has 0 aliphatic heterocycles. The van der Waals surface area contributed by atoms with Gasteiger partial charge >= 0.3 is 0 Å². The largest absolute Gasteiger partial charge is 0.493 e. The van der Waals surface area contributed by atoms with Crippen LogP contribution in [0.3, 0.4) is 0 Å². The molecule has 3 aromatic carbocycles. The summed E-state index contributed by atoms with van der Waals surface area (Å²) < 4.78 is 11.5. The molecule has 0 saturated heterocycles. The van der Waals surface area contributed by atoms with E-state index < -0.39 is 0 Å². The van der Waals surface area contributed by atoms with Crippen LogP contribution in [-0.2, 0) is 13.2 Å². The minimum atomic E-state index is -0.0960. The monoisotopic (exact) mass is 471 g/mol. The Labute approximate surface area is 199 Å². The second kappa shape index (κ2) is 11.3. The molecule has 3 rings (SSSR count). The molecular formula is C26H27Cl2NO3. The van der Waals surface area contributed by atoms with E-state index in [4.69, 9.17) is 32.7 Å². The molecule has 0 N–H and O–H groups in total. The Morgan fingerprint density at radius 3 is 2.34 bits per heavy atom. The topological polar surface area (TPSA) is 38.8 Å². The van der Waals surface area contributed by atoms with Crippen LogP contribution < -0.4 is 9.47 Å². The highest BCUT2D eigenvalue weighted by atomic mass is 35.5. The van der Waals surface area contributed by atoms with E-state index in [0.29, 0.717) is 40.3 Å². The molecule has 0 aromatic heterocycles. The van der Waals surface area contributed by atoms with E-state index in [-0.39, 0.29) is 11.9 Å². The molecule has 3 aromatic rings. The molecule has 0 aliphatic rings. The molecule has 1 amide bonds. The number of amides is 1. The maximum Gasteiger partial charge on any atom is 0.254 e. The Bertz CT molecular complexity index is 1060. The van der Waals surface area contributed by atoms with Gasteiger partial charge in [-0.1, -0.05) is 66.5 Å². The van der Waals surface area contributed by atoms with E-state index in [1.807, 2.05) is 60.4 Å². The number of halogens is 2. The second-order valence-electron chi connectivity index (χ2n) is 7.58. The maximum absolute atomic E-state index is 13.3. The summed E-state index contributed by atoms with van der Waals surface area (Å²) in [5.74, 6) is 1.19. The quantitative estimate of drug-likeness (QED) is 0.336. The fraction of sp³-hybridized carbons (Fsp3) is 0.269. The van der Waals surface area contributed by atoms with Crippen molar-refractivity contribution in [2.75, 3.05) is 7.11 Å². The average Bonchev–Trinajstić information content (AvgIpc) is 2.82. The molecule has 0 aliphatic carbocycles. The molecular weight excluding hydrogens is 445 g/mol. The first kappa shape index (κ1) is 24.0. The van der Waals surface area contributed by atoms with Crippen molar-refractivity contribution in [1.82, 2.24) is 4.90 Å². The summed E-state index contributed by atoms with van der Waals surface area (Å²) in [7, 11) is 1.61. The highest BCUT2D eigenvalue weighted by molar-refractivity contribution is 6.42. The Hall–Kier alpha value is -2.69. The summed E-state index contributed by atoms with van der Waals surface area (Å²) in [6.07, 6.45) is 0.822. The van der Waals surface area contributed by atoms with Crippen LogP contribution in [0.5, 0.6) is 11.5 Å². The Morgan fingerprint density at radius 1 is 0.938 bits per heavy atom. The van der Waals surface area contributed by atoms with Crippen LogP contribution >= 0.6 is 23.2 Å². The number of benzene rings is 3. The van der Waals surface area contributed by atoms with Gasteiger partial charge in [-0.3, -0.25) is 4.79 Å². The van der Waals surface area contributed by atoms with Crippen molar-refractivity contribution < 1.29 is 14.3 Å². The van der Waals surface area contributed by atoms with Gasteiger partial charge in [0.15, 0.2) is 11.5 Å². The van der Waals surface area contributed by atoms with Crippen LogP contribution in [-0.4, -0.2) is 24.0 Å². The zero-order valence-corrected chi connectivity index (χ0v) is 20.0. The Kier molecular flexibility index (Phi) is 8.43. The van der Waals surface area contributed by atoms with E-state index in [0.717, 1.165) is 17.5 Å². The lowest BCUT2D eigenvalue weighted by atomic mass is 10.1. The Balaban J connectivity index is 1.79. The molecule has 0 fully saturated rings. The maximum atomic E-state index is 13.3. The fourth-order valence-electron chi connectivity index (χ4n) is 3.30. The van der Waals surface area contributed by atoms with E-state index in [1.54, 1.807) is 25.3 Å². The number of carbonyl (C=O) groups is 1. The number of nitrogens with zero attached hydrogens (tertiary/aromatic N) is 1. The minimum absolute atomic E-state index is 0.0388. The SMILES string of the molecule is CCC(C)N(Cc1ccc(OCc2ccccc2)c(OC)c1)C(=O)c1ccc(Cl)c(Cl)c1. The van der Waals surface area contributed by atoms with Crippen molar-refractivity contribution in [3.63, 3.8) is 0 Å². The molecule has 0 radical (unpaired) electrons. The molecule has 0 spiro atoms. The van der Waals surface area contributed by atoms with Crippen LogP contribution in [0.4, 0.5) is 0 Å². The van der Waals surface area contributed by atoms with Crippen molar-refractivity contribution >= 4 is 29.1 Å².